The number of carbonyl (C=O) groups is 1. The number of anilines is 2. The Labute approximate surface area is 189 Å². The van der Waals surface area contributed by atoms with Crippen LogP contribution in [-0.2, 0) is 17.9 Å². The summed E-state index contributed by atoms with van der Waals surface area (Å²) in [6, 6.07) is 7.43. The van der Waals surface area contributed by atoms with Gasteiger partial charge in [0.1, 0.15) is 11.6 Å². The van der Waals surface area contributed by atoms with Gasteiger partial charge < -0.3 is 15.1 Å². The molecule has 32 heavy (non-hydrogen) atoms. The molecule has 0 radical (unpaired) electrons. The number of benzene rings is 1. The molecule has 3 heterocycles. The van der Waals surface area contributed by atoms with Gasteiger partial charge in [0.15, 0.2) is 5.82 Å². The highest BCUT2D eigenvalue weighted by Crippen LogP contribution is 2.31. The number of likely N-dealkylation sites (tertiary alicyclic amines) is 1. The van der Waals surface area contributed by atoms with Gasteiger partial charge in [0.25, 0.3) is 0 Å². The maximum Gasteiger partial charge on any atom is 0.220 e. The molecule has 1 amide bonds. The molecule has 0 aliphatic carbocycles. The van der Waals surface area contributed by atoms with Crippen molar-refractivity contribution < 1.29 is 9.18 Å². The van der Waals surface area contributed by atoms with Gasteiger partial charge in [-0.15, -0.1) is 0 Å². The van der Waals surface area contributed by atoms with Crippen molar-refractivity contribution >= 4 is 17.4 Å². The zero-order chi connectivity index (χ0) is 22.7. The molecule has 0 bridgehead atoms. The van der Waals surface area contributed by atoms with E-state index in [1.165, 1.54) is 0 Å². The molecule has 2 saturated heterocycles. The fourth-order valence-electron chi connectivity index (χ4n) is 4.80. The van der Waals surface area contributed by atoms with Crippen LogP contribution in [0.15, 0.2) is 24.3 Å². The molecule has 2 aliphatic heterocycles. The first-order valence-electron chi connectivity index (χ1n) is 11.5. The number of nitrogens with one attached hydrogen (secondary N) is 1. The lowest BCUT2D eigenvalue weighted by atomic mass is 10.1. The molecule has 1 aromatic heterocycles. The third kappa shape index (κ3) is 5.01. The first-order chi connectivity index (χ1) is 15.4. The minimum Gasteiger partial charge on any atom is -0.373 e. The van der Waals surface area contributed by atoms with Gasteiger partial charge in [-0.2, -0.15) is 0 Å². The van der Waals surface area contributed by atoms with E-state index in [2.05, 4.69) is 20.1 Å². The highest BCUT2D eigenvalue weighted by Gasteiger charge is 2.30. The molecule has 1 atom stereocenters. The van der Waals surface area contributed by atoms with Gasteiger partial charge in [-0.25, -0.2) is 14.4 Å². The van der Waals surface area contributed by atoms with E-state index in [9.17, 15) is 9.18 Å². The second-order valence-electron chi connectivity index (χ2n) is 8.88. The Morgan fingerprint density at radius 3 is 2.62 bits per heavy atom. The Hall–Kier alpha value is -2.74. The van der Waals surface area contributed by atoms with Crippen molar-refractivity contribution in [1.29, 1.82) is 0 Å². The Kier molecular flexibility index (Phi) is 6.89. The molecule has 1 aromatic carbocycles. The average molecular weight is 441 g/mol. The summed E-state index contributed by atoms with van der Waals surface area (Å²) < 4.78 is 14.7. The number of halogens is 1. The van der Waals surface area contributed by atoms with E-state index in [-0.39, 0.29) is 17.8 Å². The van der Waals surface area contributed by atoms with Gasteiger partial charge in [0.2, 0.25) is 5.91 Å². The molecule has 4 rings (SSSR count). The zero-order valence-corrected chi connectivity index (χ0v) is 19.3. The first-order valence-corrected chi connectivity index (χ1v) is 11.5. The van der Waals surface area contributed by atoms with Gasteiger partial charge in [-0.3, -0.25) is 9.69 Å². The van der Waals surface area contributed by atoms with Crippen molar-refractivity contribution in [2.75, 3.05) is 43.9 Å². The summed E-state index contributed by atoms with van der Waals surface area (Å²) in [4.78, 5) is 27.5. The normalized spacial score (nSPS) is 18.6. The summed E-state index contributed by atoms with van der Waals surface area (Å²) in [6.07, 6.45) is 4.10. The number of aromatic nitrogens is 2. The smallest absolute Gasteiger partial charge is 0.220 e. The number of rotatable bonds is 7. The molecular weight excluding hydrogens is 407 g/mol. The highest BCUT2D eigenvalue weighted by atomic mass is 19.1. The van der Waals surface area contributed by atoms with Crippen molar-refractivity contribution in [1.82, 2.24) is 19.8 Å². The van der Waals surface area contributed by atoms with Gasteiger partial charge in [0.05, 0.1) is 17.4 Å². The summed E-state index contributed by atoms with van der Waals surface area (Å²) in [6.45, 7) is 5.44. The summed E-state index contributed by atoms with van der Waals surface area (Å²) in [5.41, 5.74) is 2.53. The summed E-state index contributed by atoms with van der Waals surface area (Å²) in [5.74, 6) is 1.35. The van der Waals surface area contributed by atoms with E-state index < -0.39 is 0 Å². The lowest BCUT2D eigenvalue weighted by molar-refractivity contribution is -0.129. The second-order valence-corrected chi connectivity index (χ2v) is 8.88. The van der Waals surface area contributed by atoms with Crippen molar-refractivity contribution in [3.63, 3.8) is 0 Å². The van der Waals surface area contributed by atoms with Crippen LogP contribution in [0.3, 0.4) is 0 Å². The average Bonchev–Trinajstić information content (AvgIpc) is 3.46. The lowest BCUT2D eigenvalue weighted by Crippen LogP contribution is -2.29. The highest BCUT2D eigenvalue weighted by molar-refractivity contribution is 5.74. The maximum absolute atomic E-state index is 14.7. The van der Waals surface area contributed by atoms with Crippen LogP contribution in [0.2, 0.25) is 0 Å². The van der Waals surface area contributed by atoms with Crippen molar-refractivity contribution in [2.24, 2.45) is 0 Å². The molecule has 7 nitrogen and oxygen atoms in total. The Morgan fingerprint density at radius 1 is 1.16 bits per heavy atom. The SMILES string of the molecule is CNc1cc(CN(C)Cc2ccc(N3CCCC3)c(F)c2)nc([C@@H]2CCCN2C(C)=O)n1. The number of hydrogen-bond donors (Lipinski definition) is 1. The number of amides is 1. The summed E-state index contributed by atoms with van der Waals surface area (Å²) >= 11 is 0. The van der Waals surface area contributed by atoms with E-state index >= 15 is 0 Å². The van der Waals surface area contributed by atoms with Crippen molar-refractivity contribution in [2.45, 2.75) is 51.7 Å². The van der Waals surface area contributed by atoms with E-state index in [0.29, 0.717) is 24.6 Å². The van der Waals surface area contributed by atoms with Gasteiger partial charge >= 0.3 is 0 Å². The number of hydrogen-bond acceptors (Lipinski definition) is 6. The number of carbonyl (C=O) groups excluding carboxylic acids is 1. The standard InChI is InChI=1S/C24H33FN6O/c1-17(32)31-12-6-7-22(31)24-27-19(14-23(26-2)28-24)16-29(3)15-18-8-9-21(20(25)13-18)30-10-4-5-11-30/h8-9,13-14,22H,4-7,10-12,15-16H2,1-3H3,(H,26,27,28)/t22-/m0/s1. The van der Waals surface area contributed by atoms with E-state index in [1.54, 1.807) is 13.0 Å². The second kappa shape index (κ2) is 9.81. The first kappa shape index (κ1) is 22.5. The van der Waals surface area contributed by atoms with Crippen LogP contribution in [0.1, 0.15) is 55.7 Å². The quantitative estimate of drug-likeness (QED) is 0.710. The minimum atomic E-state index is -0.148. The molecule has 8 heteroatoms. The van der Waals surface area contributed by atoms with Crippen LogP contribution in [-0.4, -0.2) is 59.4 Å². The van der Waals surface area contributed by atoms with Gasteiger partial charge in [-0.05, 0) is 50.4 Å². The topological polar surface area (TPSA) is 64.6 Å². The molecule has 2 aliphatic rings. The molecule has 0 spiro atoms. The Morgan fingerprint density at radius 2 is 1.94 bits per heavy atom. The molecule has 2 aromatic rings. The molecule has 1 N–H and O–H groups in total. The summed E-state index contributed by atoms with van der Waals surface area (Å²) in [7, 11) is 3.84. The Balaban J connectivity index is 1.46. The molecular formula is C24H33FN6O. The molecule has 0 saturated carbocycles. The fraction of sp³-hybridized carbons (Fsp3) is 0.542. The largest absolute Gasteiger partial charge is 0.373 e. The van der Waals surface area contributed by atoms with Crippen LogP contribution in [0, 0.1) is 5.82 Å². The predicted octanol–water partition coefficient (Wildman–Crippen LogP) is 3.57. The monoisotopic (exact) mass is 440 g/mol. The van der Waals surface area contributed by atoms with Crippen molar-refractivity contribution in [3.05, 3.63) is 47.2 Å². The van der Waals surface area contributed by atoms with Crippen molar-refractivity contribution in [3.8, 4) is 0 Å². The Bertz CT molecular complexity index is 962. The lowest BCUT2D eigenvalue weighted by Gasteiger charge is -2.24. The van der Waals surface area contributed by atoms with E-state index in [0.717, 1.165) is 62.4 Å². The van der Waals surface area contributed by atoms with E-state index in [1.807, 2.05) is 37.2 Å². The minimum absolute atomic E-state index is 0.0593. The van der Waals surface area contributed by atoms with Gasteiger partial charge in [0, 0.05) is 52.8 Å². The van der Waals surface area contributed by atoms with Crippen LogP contribution >= 0.6 is 0 Å². The molecule has 0 unspecified atom stereocenters. The van der Waals surface area contributed by atoms with Crippen LogP contribution in [0.4, 0.5) is 15.9 Å². The van der Waals surface area contributed by atoms with Gasteiger partial charge in [-0.1, -0.05) is 6.07 Å². The van der Waals surface area contributed by atoms with Crippen LogP contribution in [0.25, 0.3) is 0 Å². The molecule has 2 fully saturated rings. The molecule has 172 valence electrons. The van der Waals surface area contributed by atoms with Crippen LogP contribution < -0.4 is 10.2 Å². The number of nitrogens with zero attached hydrogens (tertiary/aromatic N) is 5. The summed E-state index contributed by atoms with van der Waals surface area (Å²) in [5, 5.41) is 3.11. The third-order valence-corrected chi connectivity index (χ3v) is 6.35. The zero-order valence-electron chi connectivity index (χ0n) is 19.3. The predicted molar refractivity (Wildman–Crippen MR) is 124 cm³/mol. The maximum atomic E-state index is 14.7. The van der Waals surface area contributed by atoms with Crippen LogP contribution in [0.5, 0.6) is 0 Å². The fourth-order valence-corrected chi connectivity index (χ4v) is 4.80. The third-order valence-electron chi connectivity index (χ3n) is 6.35. The van der Waals surface area contributed by atoms with E-state index in [4.69, 9.17) is 4.98 Å².